The van der Waals surface area contributed by atoms with E-state index in [0.717, 1.165) is 0 Å². The Morgan fingerprint density at radius 3 is 2.43 bits per heavy atom. The van der Waals surface area contributed by atoms with E-state index in [2.05, 4.69) is 0 Å². The lowest BCUT2D eigenvalue weighted by atomic mass is 10.1. The van der Waals surface area contributed by atoms with Crippen LogP contribution >= 0.6 is 11.8 Å². The topological polar surface area (TPSA) is 66.8 Å². The maximum Gasteiger partial charge on any atom is 0.327 e. The molecule has 1 aromatic carbocycles. The van der Waals surface area contributed by atoms with Gasteiger partial charge in [0, 0.05) is 11.3 Å². The molecule has 6 heteroatoms. The number of benzene rings is 1. The molecule has 2 atom stereocenters. The van der Waals surface area contributed by atoms with Gasteiger partial charge >= 0.3 is 5.97 Å². The number of amides is 1. The molecule has 1 aliphatic rings. The molecule has 5 nitrogen and oxygen atoms in total. The van der Waals surface area contributed by atoms with Crippen molar-refractivity contribution >= 4 is 23.6 Å². The van der Waals surface area contributed by atoms with Crippen molar-refractivity contribution in [3.63, 3.8) is 0 Å². The zero-order valence-electron chi connectivity index (χ0n) is 12.3. The fourth-order valence-electron chi connectivity index (χ4n) is 2.37. The number of methoxy groups -OCH3 is 1. The SMILES string of the molecule is COc1ccc(C(=O)N2C(C(=O)O)CSC2C(C)C)cc1. The van der Waals surface area contributed by atoms with Gasteiger partial charge in [-0.05, 0) is 30.2 Å². The number of carbonyl (C=O) groups is 2. The molecule has 1 saturated heterocycles. The summed E-state index contributed by atoms with van der Waals surface area (Å²) in [5.41, 5.74) is 0.482. The Labute approximate surface area is 128 Å². The highest BCUT2D eigenvalue weighted by atomic mass is 32.2. The Kier molecular flexibility index (Phi) is 4.77. The summed E-state index contributed by atoms with van der Waals surface area (Å²) in [6.45, 7) is 3.99. The third kappa shape index (κ3) is 3.15. The summed E-state index contributed by atoms with van der Waals surface area (Å²) < 4.78 is 5.07. The molecule has 1 amide bonds. The second-order valence-electron chi connectivity index (χ2n) is 5.26. The minimum atomic E-state index is -0.951. The van der Waals surface area contributed by atoms with Gasteiger partial charge < -0.3 is 14.7 Å². The first-order valence-corrected chi connectivity index (χ1v) is 7.81. The van der Waals surface area contributed by atoms with Crippen LogP contribution in [0, 0.1) is 5.92 Å². The lowest BCUT2D eigenvalue weighted by molar-refractivity contribution is -0.141. The van der Waals surface area contributed by atoms with Gasteiger partial charge in [0.25, 0.3) is 5.91 Å². The maximum atomic E-state index is 12.7. The van der Waals surface area contributed by atoms with Gasteiger partial charge in [0.2, 0.25) is 0 Å². The van der Waals surface area contributed by atoms with Gasteiger partial charge in [-0.3, -0.25) is 4.79 Å². The predicted molar refractivity (Wildman–Crippen MR) is 81.7 cm³/mol. The Morgan fingerprint density at radius 2 is 1.95 bits per heavy atom. The van der Waals surface area contributed by atoms with Crippen molar-refractivity contribution in [2.75, 3.05) is 12.9 Å². The van der Waals surface area contributed by atoms with E-state index in [1.807, 2.05) is 13.8 Å². The standard InChI is InChI=1S/C15H19NO4S/c1-9(2)14-16(12(8-21-14)15(18)19)13(17)10-4-6-11(20-3)7-5-10/h4-7,9,12,14H,8H2,1-3H3,(H,18,19). The van der Waals surface area contributed by atoms with Gasteiger partial charge in [0.15, 0.2) is 0 Å². The average molecular weight is 309 g/mol. The van der Waals surface area contributed by atoms with Gasteiger partial charge in [-0.2, -0.15) is 0 Å². The van der Waals surface area contributed by atoms with Crippen molar-refractivity contribution in [1.82, 2.24) is 4.90 Å². The number of carboxylic acid groups (broad SMARTS) is 1. The normalized spacial score (nSPS) is 21.6. The largest absolute Gasteiger partial charge is 0.497 e. The van der Waals surface area contributed by atoms with E-state index in [1.54, 1.807) is 31.4 Å². The van der Waals surface area contributed by atoms with Crippen LogP contribution in [0.4, 0.5) is 0 Å². The van der Waals surface area contributed by atoms with Crippen LogP contribution in [0.15, 0.2) is 24.3 Å². The zero-order valence-corrected chi connectivity index (χ0v) is 13.1. The fraction of sp³-hybridized carbons (Fsp3) is 0.467. The third-order valence-corrected chi connectivity index (χ3v) is 5.08. The highest BCUT2D eigenvalue weighted by Crippen LogP contribution is 2.35. The van der Waals surface area contributed by atoms with Crippen LogP contribution < -0.4 is 4.74 Å². The summed E-state index contributed by atoms with van der Waals surface area (Å²) in [7, 11) is 1.56. The van der Waals surface area contributed by atoms with Crippen LogP contribution in [0.3, 0.4) is 0 Å². The number of ether oxygens (including phenoxy) is 1. The first-order valence-electron chi connectivity index (χ1n) is 6.76. The number of hydrogen-bond acceptors (Lipinski definition) is 4. The molecule has 1 heterocycles. The minimum absolute atomic E-state index is 0.110. The summed E-state index contributed by atoms with van der Waals surface area (Å²) in [4.78, 5) is 25.6. The van der Waals surface area contributed by atoms with Gasteiger partial charge in [-0.15, -0.1) is 11.8 Å². The number of rotatable bonds is 4. The number of carbonyl (C=O) groups excluding carboxylic acids is 1. The summed E-state index contributed by atoms with van der Waals surface area (Å²) in [5.74, 6) is 0.0976. The van der Waals surface area contributed by atoms with Crippen molar-refractivity contribution in [1.29, 1.82) is 0 Å². The highest BCUT2D eigenvalue weighted by Gasteiger charge is 2.43. The molecule has 0 saturated carbocycles. The molecular formula is C15H19NO4S. The molecule has 2 rings (SSSR count). The quantitative estimate of drug-likeness (QED) is 0.924. The van der Waals surface area contributed by atoms with E-state index in [9.17, 15) is 14.7 Å². The van der Waals surface area contributed by atoms with Crippen LogP contribution in [-0.2, 0) is 4.79 Å². The van der Waals surface area contributed by atoms with E-state index >= 15 is 0 Å². The van der Waals surface area contributed by atoms with Crippen molar-refractivity contribution in [3.8, 4) is 5.75 Å². The van der Waals surface area contributed by atoms with Crippen LogP contribution in [0.1, 0.15) is 24.2 Å². The summed E-state index contributed by atoms with van der Waals surface area (Å²) in [6.07, 6.45) is 0. The van der Waals surface area contributed by atoms with Gasteiger partial charge in [-0.1, -0.05) is 13.8 Å². The Bertz CT molecular complexity index is 529. The number of hydrogen-bond donors (Lipinski definition) is 1. The lowest BCUT2D eigenvalue weighted by Gasteiger charge is -2.29. The molecule has 0 bridgehead atoms. The molecule has 1 aliphatic heterocycles. The second-order valence-corrected chi connectivity index (χ2v) is 6.41. The molecule has 1 aromatic rings. The average Bonchev–Trinajstić information content (AvgIpc) is 2.91. The number of nitrogens with zero attached hydrogens (tertiary/aromatic N) is 1. The fourth-order valence-corrected chi connectivity index (χ4v) is 3.84. The van der Waals surface area contributed by atoms with Crippen LogP contribution in [-0.4, -0.2) is 46.2 Å². The first kappa shape index (κ1) is 15.7. The Hall–Kier alpha value is -1.69. The molecule has 0 spiro atoms. The number of carboxylic acids is 1. The lowest BCUT2D eigenvalue weighted by Crippen LogP contribution is -2.47. The molecule has 0 aliphatic carbocycles. The molecule has 1 N–H and O–H groups in total. The second kappa shape index (κ2) is 6.39. The third-order valence-electron chi connectivity index (χ3n) is 3.46. The minimum Gasteiger partial charge on any atom is -0.497 e. The van der Waals surface area contributed by atoms with E-state index in [4.69, 9.17) is 4.74 Å². The molecule has 0 aromatic heterocycles. The van der Waals surface area contributed by atoms with E-state index < -0.39 is 12.0 Å². The van der Waals surface area contributed by atoms with E-state index in [-0.39, 0.29) is 17.2 Å². The summed E-state index contributed by atoms with van der Waals surface area (Å²) in [6, 6.07) is 5.98. The number of aliphatic carboxylic acids is 1. The Morgan fingerprint density at radius 1 is 1.33 bits per heavy atom. The number of thioether (sulfide) groups is 1. The van der Waals surface area contributed by atoms with Crippen molar-refractivity contribution in [2.45, 2.75) is 25.3 Å². The molecule has 114 valence electrons. The van der Waals surface area contributed by atoms with Gasteiger partial charge in [-0.25, -0.2) is 4.79 Å². The Balaban J connectivity index is 2.29. The summed E-state index contributed by atoms with van der Waals surface area (Å²) >= 11 is 1.53. The molecule has 0 radical (unpaired) electrons. The van der Waals surface area contributed by atoms with Crippen molar-refractivity contribution in [2.24, 2.45) is 5.92 Å². The van der Waals surface area contributed by atoms with Crippen LogP contribution in [0.2, 0.25) is 0 Å². The molecule has 21 heavy (non-hydrogen) atoms. The van der Waals surface area contributed by atoms with Crippen molar-refractivity contribution < 1.29 is 19.4 Å². The first-order chi connectivity index (χ1) is 9.95. The smallest absolute Gasteiger partial charge is 0.327 e. The van der Waals surface area contributed by atoms with E-state index in [1.165, 1.54) is 16.7 Å². The monoisotopic (exact) mass is 309 g/mol. The van der Waals surface area contributed by atoms with Gasteiger partial charge in [0.1, 0.15) is 11.8 Å². The highest BCUT2D eigenvalue weighted by molar-refractivity contribution is 8.00. The molecular weight excluding hydrogens is 290 g/mol. The van der Waals surface area contributed by atoms with E-state index in [0.29, 0.717) is 17.1 Å². The molecule has 2 unspecified atom stereocenters. The zero-order chi connectivity index (χ0) is 15.6. The molecule has 1 fully saturated rings. The predicted octanol–water partition coefficient (Wildman–Crippen LogP) is 2.32. The summed E-state index contributed by atoms with van der Waals surface area (Å²) in [5, 5.41) is 9.22. The maximum absolute atomic E-state index is 12.7. The van der Waals surface area contributed by atoms with Crippen LogP contribution in [0.5, 0.6) is 5.75 Å². The van der Waals surface area contributed by atoms with Crippen LogP contribution in [0.25, 0.3) is 0 Å². The van der Waals surface area contributed by atoms with Crippen molar-refractivity contribution in [3.05, 3.63) is 29.8 Å². The van der Waals surface area contributed by atoms with Gasteiger partial charge in [0.05, 0.1) is 12.5 Å².